The van der Waals surface area contributed by atoms with Gasteiger partial charge in [0.05, 0.1) is 0 Å². The van der Waals surface area contributed by atoms with Crippen molar-refractivity contribution in [3.05, 3.63) is 0 Å². The average Bonchev–Trinajstić information content (AvgIpc) is 2.93. The zero-order valence-corrected chi connectivity index (χ0v) is 27.6. The molecular formula is C28H64N2O5Si2. The smallest absolute Gasteiger partial charge is 0.377 e. The van der Waals surface area contributed by atoms with Crippen LogP contribution in [-0.4, -0.2) is 72.2 Å². The van der Waals surface area contributed by atoms with Crippen molar-refractivity contribution in [2.24, 2.45) is 0 Å². The van der Waals surface area contributed by atoms with Crippen LogP contribution in [-0.2, 0) is 21.8 Å². The summed E-state index contributed by atoms with van der Waals surface area (Å²) < 4.78 is 30.2. The van der Waals surface area contributed by atoms with Crippen LogP contribution in [0.25, 0.3) is 0 Å². The molecule has 0 heterocycles. The van der Waals surface area contributed by atoms with Gasteiger partial charge in [0, 0.05) is 40.5 Å². The van der Waals surface area contributed by atoms with Crippen LogP contribution in [0.2, 0.25) is 12.1 Å². The normalized spacial score (nSPS) is 12.5. The Morgan fingerprint density at radius 1 is 0.405 bits per heavy atom. The molecule has 0 fully saturated rings. The molecule has 0 unspecified atom stereocenters. The molecule has 0 spiro atoms. The number of nitrogens with one attached hydrogen (secondary N) is 2. The summed E-state index contributed by atoms with van der Waals surface area (Å²) in [6.07, 6.45) is 19.7. The first-order valence-electron chi connectivity index (χ1n) is 15.4. The molecule has 0 rings (SSSR count). The second-order valence-electron chi connectivity index (χ2n) is 10.2. The van der Waals surface area contributed by atoms with Crippen molar-refractivity contribution in [2.45, 2.75) is 129 Å². The lowest BCUT2D eigenvalue weighted by Gasteiger charge is -2.35. The van der Waals surface area contributed by atoms with Crippen molar-refractivity contribution in [2.75, 3.05) is 54.6 Å². The maximum atomic E-state index is 6.58. The van der Waals surface area contributed by atoms with Gasteiger partial charge in [-0.1, -0.05) is 78.1 Å². The molecule has 0 aromatic carbocycles. The fraction of sp³-hybridized carbons (Fsp3) is 1.00. The van der Waals surface area contributed by atoms with Gasteiger partial charge < -0.3 is 32.5 Å². The van der Waals surface area contributed by atoms with Gasteiger partial charge in [-0.25, -0.2) is 0 Å². The first kappa shape index (κ1) is 37.2. The lowest BCUT2D eigenvalue weighted by molar-refractivity contribution is 0.0856. The van der Waals surface area contributed by atoms with E-state index in [0.29, 0.717) is 0 Å². The Morgan fingerprint density at radius 3 is 1.03 bits per heavy atom. The topological polar surface area (TPSA) is 70.2 Å². The molecule has 0 aromatic rings. The molecule has 0 radical (unpaired) electrons. The lowest BCUT2D eigenvalue weighted by Crippen LogP contribution is -2.57. The molecule has 0 atom stereocenters. The van der Waals surface area contributed by atoms with Gasteiger partial charge in [-0.15, -0.1) is 0 Å². The number of rotatable bonds is 30. The molecule has 0 saturated carbocycles. The summed E-state index contributed by atoms with van der Waals surface area (Å²) >= 11 is 0. The van der Waals surface area contributed by atoms with Crippen LogP contribution in [0.5, 0.6) is 0 Å². The maximum Gasteiger partial charge on any atom is 0.493 e. The van der Waals surface area contributed by atoms with Crippen molar-refractivity contribution in [1.29, 1.82) is 0 Å². The zero-order valence-electron chi connectivity index (χ0n) is 25.6. The molecule has 9 heteroatoms. The standard InChI is InChI=1S/C28H64N2O5Si2/c1-7-9-23-29-25-19-15-11-13-17-21-27-36(31-3,32-4)35-37(33-5,34-6)28-22-18-14-12-16-20-26-30-24-10-8-2/h29-30H,7-28H2,1-6H3. The van der Waals surface area contributed by atoms with Crippen LogP contribution < -0.4 is 10.6 Å². The lowest BCUT2D eigenvalue weighted by atomic mass is 10.1. The molecule has 0 aliphatic rings. The van der Waals surface area contributed by atoms with Gasteiger partial charge in [-0.2, -0.15) is 0 Å². The summed E-state index contributed by atoms with van der Waals surface area (Å²) in [5.74, 6) is 0. The summed E-state index contributed by atoms with van der Waals surface area (Å²) in [4.78, 5) is 0. The molecule has 0 aromatic heterocycles. The van der Waals surface area contributed by atoms with E-state index in [4.69, 9.17) is 21.8 Å². The molecule has 0 bridgehead atoms. The third-order valence-corrected chi connectivity index (χ3v) is 14.1. The summed E-state index contributed by atoms with van der Waals surface area (Å²) in [7, 11) is 1.20. The van der Waals surface area contributed by atoms with Crippen molar-refractivity contribution in [3.8, 4) is 0 Å². The Morgan fingerprint density at radius 2 is 0.703 bits per heavy atom. The van der Waals surface area contributed by atoms with E-state index >= 15 is 0 Å². The molecule has 0 aliphatic heterocycles. The van der Waals surface area contributed by atoms with Crippen molar-refractivity contribution in [3.63, 3.8) is 0 Å². The van der Waals surface area contributed by atoms with E-state index in [1.807, 2.05) is 0 Å². The monoisotopic (exact) mass is 564 g/mol. The van der Waals surface area contributed by atoms with Gasteiger partial charge in [0.15, 0.2) is 0 Å². The SMILES string of the molecule is CCCCNCCCCCCCC[Si](OC)(OC)O[Si](CCCCCCCCNCCCC)(OC)OC. The minimum Gasteiger partial charge on any atom is -0.377 e. The van der Waals surface area contributed by atoms with Gasteiger partial charge in [0.1, 0.15) is 0 Å². The molecule has 2 N–H and O–H groups in total. The molecule has 37 heavy (non-hydrogen) atoms. The number of hydrogen-bond acceptors (Lipinski definition) is 7. The Hall–Kier alpha value is 0.154. The van der Waals surface area contributed by atoms with Crippen LogP contribution in [0, 0.1) is 0 Å². The van der Waals surface area contributed by atoms with Crippen molar-refractivity contribution < 1.29 is 21.8 Å². The predicted octanol–water partition coefficient (Wildman–Crippen LogP) is 6.93. The van der Waals surface area contributed by atoms with E-state index in [0.717, 1.165) is 51.1 Å². The van der Waals surface area contributed by atoms with Crippen molar-refractivity contribution in [1.82, 2.24) is 10.6 Å². The largest absolute Gasteiger partial charge is 0.493 e. The third-order valence-electron chi connectivity index (χ3n) is 7.14. The van der Waals surface area contributed by atoms with E-state index in [9.17, 15) is 0 Å². The summed E-state index contributed by atoms with van der Waals surface area (Å²) in [6.45, 7) is 9.08. The quantitative estimate of drug-likeness (QED) is 0.0724. The van der Waals surface area contributed by atoms with Crippen LogP contribution in [0.1, 0.15) is 117 Å². The van der Waals surface area contributed by atoms with Gasteiger partial charge in [-0.3, -0.25) is 0 Å². The second-order valence-corrected chi connectivity index (χ2v) is 16.4. The third kappa shape index (κ3) is 19.8. The first-order valence-corrected chi connectivity index (χ1v) is 19.3. The fourth-order valence-corrected chi connectivity index (χ4v) is 11.1. The molecule has 0 saturated heterocycles. The number of hydrogen-bond donors (Lipinski definition) is 2. The highest BCUT2D eigenvalue weighted by molar-refractivity contribution is 6.74. The Kier molecular flexibility index (Phi) is 26.5. The molecule has 7 nitrogen and oxygen atoms in total. The zero-order chi connectivity index (χ0) is 27.5. The average molecular weight is 565 g/mol. The van der Waals surface area contributed by atoms with Gasteiger partial charge in [0.2, 0.25) is 0 Å². The minimum atomic E-state index is -2.82. The predicted molar refractivity (Wildman–Crippen MR) is 161 cm³/mol. The van der Waals surface area contributed by atoms with E-state index in [1.54, 1.807) is 28.4 Å². The molecule has 224 valence electrons. The van der Waals surface area contributed by atoms with Crippen LogP contribution in [0.3, 0.4) is 0 Å². The molecular weight excluding hydrogens is 500 g/mol. The number of unbranched alkanes of at least 4 members (excludes halogenated alkanes) is 12. The summed E-state index contributed by atoms with van der Waals surface area (Å²) in [5.41, 5.74) is 0. The van der Waals surface area contributed by atoms with Crippen LogP contribution in [0.4, 0.5) is 0 Å². The van der Waals surface area contributed by atoms with E-state index < -0.39 is 17.6 Å². The fourth-order valence-electron chi connectivity index (χ4n) is 4.53. The van der Waals surface area contributed by atoms with Crippen molar-refractivity contribution >= 4 is 17.6 Å². The first-order chi connectivity index (χ1) is 18.1. The molecule has 0 amide bonds. The summed E-state index contributed by atoms with van der Waals surface area (Å²) in [6, 6.07) is 1.62. The van der Waals surface area contributed by atoms with E-state index in [2.05, 4.69) is 24.5 Å². The highest BCUT2D eigenvalue weighted by atomic mass is 28.5. The maximum absolute atomic E-state index is 6.58. The Labute approximate surface area is 233 Å². The highest BCUT2D eigenvalue weighted by Gasteiger charge is 2.51. The Balaban J connectivity index is 4.23. The minimum absolute atomic E-state index is 0.812. The van der Waals surface area contributed by atoms with E-state index in [-0.39, 0.29) is 0 Å². The Bertz CT molecular complexity index is 430. The van der Waals surface area contributed by atoms with Crippen LogP contribution in [0.15, 0.2) is 0 Å². The second kappa shape index (κ2) is 26.4. The molecule has 0 aliphatic carbocycles. The highest BCUT2D eigenvalue weighted by Crippen LogP contribution is 2.28. The van der Waals surface area contributed by atoms with E-state index in [1.165, 1.54) is 89.9 Å². The van der Waals surface area contributed by atoms with Gasteiger partial charge in [-0.05, 0) is 64.7 Å². The van der Waals surface area contributed by atoms with Crippen LogP contribution >= 0.6 is 0 Å². The van der Waals surface area contributed by atoms with Gasteiger partial charge in [0.25, 0.3) is 0 Å². The van der Waals surface area contributed by atoms with Gasteiger partial charge >= 0.3 is 17.6 Å². The summed E-state index contributed by atoms with van der Waals surface area (Å²) in [5, 5.41) is 7.05.